The molecule has 5 nitrogen and oxygen atoms in total. The highest BCUT2D eigenvalue weighted by molar-refractivity contribution is 5.87. The maximum Gasteiger partial charge on any atom is 0.326 e. The highest BCUT2D eigenvalue weighted by atomic mass is 16.4. The van der Waals surface area contributed by atoms with Gasteiger partial charge in [0.2, 0.25) is 5.91 Å². The zero-order valence-corrected chi connectivity index (χ0v) is 12.7. The zero-order valence-electron chi connectivity index (χ0n) is 12.7. The zero-order chi connectivity index (χ0) is 15.2. The summed E-state index contributed by atoms with van der Waals surface area (Å²) in [7, 11) is 0. The van der Waals surface area contributed by atoms with Gasteiger partial charge in [-0.2, -0.15) is 0 Å². The van der Waals surface area contributed by atoms with Crippen molar-refractivity contribution in [2.24, 2.45) is 17.1 Å². The number of aliphatic carboxylic acids is 1. The Balaban J connectivity index is 2.76. The van der Waals surface area contributed by atoms with Crippen molar-refractivity contribution in [2.75, 3.05) is 6.54 Å². The average Bonchev–Trinajstić information content (AvgIpc) is 2.63. The minimum Gasteiger partial charge on any atom is -0.480 e. The second kappa shape index (κ2) is 7.62. The van der Waals surface area contributed by atoms with Gasteiger partial charge in [0.25, 0.3) is 0 Å². The van der Waals surface area contributed by atoms with Crippen LogP contribution in [0.3, 0.4) is 0 Å². The normalized spacial score (nSPS) is 20.2. The minimum atomic E-state index is -0.965. The van der Waals surface area contributed by atoms with Gasteiger partial charge in [0.1, 0.15) is 6.04 Å². The van der Waals surface area contributed by atoms with E-state index in [1.165, 1.54) is 0 Å². The summed E-state index contributed by atoms with van der Waals surface area (Å²) in [6, 6.07) is -0.811. The van der Waals surface area contributed by atoms with Crippen molar-refractivity contribution in [1.29, 1.82) is 0 Å². The van der Waals surface area contributed by atoms with Crippen molar-refractivity contribution in [1.82, 2.24) is 5.32 Å². The highest BCUT2D eigenvalue weighted by Crippen LogP contribution is 2.34. The first-order valence-corrected chi connectivity index (χ1v) is 7.65. The first-order valence-electron chi connectivity index (χ1n) is 7.65. The third-order valence-electron chi connectivity index (χ3n) is 4.24. The Morgan fingerprint density at radius 3 is 2.15 bits per heavy atom. The number of carboxylic acids is 1. The maximum atomic E-state index is 12.5. The van der Waals surface area contributed by atoms with Gasteiger partial charge in [-0.25, -0.2) is 4.79 Å². The van der Waals surface area contributed by atoms with E-state index in [4.69, 9.17) is 5.73 Å². The third kappa shape index (κ3) is 4.47. The van der Waals surface area contributed by atoms with Gasteiger partial charge < -0.3 is 16.2 Å². The largest absolute Gasteiger partial charge is 0.480 e. The molecule has 0 aromatic carbocycles. The number of hydrogen-bond acceptors (Lipinski definition) is 3. The SMILES string of the molecule is CC(C)CC(NC(=O)C1(CN)CCCCCC1)C(=O)O. The Labute approximate surface area is 121 Å². The first-order chi connectivity index (χ1) is 9.41. The molecule has 0 heterocycles. The molecule has 116 valence electrons. The number of carbonyl (C=O) groups is 2. The summed E-state index contributed by atoms with van der Waals surface area (Å²) in [4.78, 5) is 23.8. The van der Waals surface area contributed by atoms with Crippen LogP contribution < -0.4 is 11.1 Å². The van der Waals surface area contributed by atoms with Gasteiger partial charge in [0, 0.05) is 6.54 Å². The van der Waals surface area contributed by atoms with Crippen molar-refractivity contribution < 1.29 is 14.7 Å². The van der Waals surface area contributed by atoms with Crippen LogP contribution in [0.15, 0.2) is 0 Å². The molecule has 1 aliphatic rings. The molecule has 4 N–H and O–H groups in total. The fraction of sp³-hybridized carbons (Fsp3) is 0.867. The molecule has 0 bridgehead atoms. The molecule has 1 unspecified atom stereocenters. The molecular weight excluding hydrogens is 256 g/mol. The second-order valence-corrected chi connectivity index (χ2v) is 6.39. The lowest BCUT2D eigenvalue weighted by atomic mass is 9.79. The van der Waals surface area contributed by atoms with E-state index in [-0.39, 0.29) is 11.8 Å². The van der Waals surface area contributed by atoms with Gasteiger partial charge in [0.05, 0.1) is 5.41 Å². The van der Waals surface area contributed by atoms with Gasteiger partial charge in [-0.15, -0.1) is 0 Å². The van der Waals surface area contributed by atoms with Crippen LogP contribution in [0.2, 0.25) is 0 Å². The maximum absolute atomic E-state index is 12.5. The van der Waals surface area contributed by atoms with Crippen molar-refractivity contribution in [3.63, 3.8) is 0 Å². The van der Waals surface area contributed by atoms with E-state index < -0.39 is 17.4 Å². The standard InChI is InChI=1S/C15H28N2O3/c1-11(2)9-12(13(18)19)17-14(20)15(10-16)7-5-3-4-6-8-15/h11-12H,3-10,16H2,1-2H3,(H,17,20)(H,18,19). The molecule has 0 aromatic rings. The topological polar surface area (TPSA) is 92.4 Å². The molecule has 20 heavy (non-hydrogen) atoms. The van der Waals surface area contributed by atoms with Gasteiger partial charge in [-0.1, -0.05) is 39.5 Å². The number of carboxylic acid groups (broad SMARTS) is 1. The molecule has 1 fully saturated rings. The van der Waals surface area contributed by atoms with Crippen LogP contribution in [-0.2, 0) is 9.59 Å². The first kappa shape index (κ1) is 17.0. The van der Waals surface area contributed by atoms with Gasteiger partial charge >= 0.3 is 5.97 Å². The summed E-state index contributed by atoms with van der Waals surface area (Å²) in [5, 5.41) is 12.0. The molecule has 1 saturated carbocycles. The van der Waals surface area contributed by atoms with Crippen LogP contribution in [-0.4, -0.2) is 29.6 Å². The van der Waals surface area contributed by atoms with Gasteiger partial charge in [-0.3, -0.25) is 4.79 Å². The van der Waals surface area contributed by atoms with E-state index in [9.17, 15) is 14.7 Å². The fourth-order valence-corrected chi connectivity index (χ4v) is 2.93. The average molecular weight is 284 g/mol. The number of hydrogen-bond donors (Lipinski definition) is 3. The minimum absolute atomic E-state index is 0.171. The third-order valence-corrected chi connectivity index (χ3v) is 4.24. The van der Waals surface area contributed by atoms with E-state index in [0.29, 0.717) is 13.0 Å². The van der Waals surface area contributed by atoms with Crippen LogP contribution in [0.5, 0.6) is 0 Å². The molecule has 0 aliphatic heterocycles. The van der Waals surface area contributed by atoms with Gasteiger partial charge in [-0.05, 0) is 25.2 Å². The Hall–Kier alpha value is -1.10. The van der Waals surface area contributed by atoms with E-state index >= 15 is 0 Å². The predicted octanol–water partition coefficient (Wildman–Crippen LogP) is 1.90. The summed E-state index contributed by atoms with van der Waals surface area (Å²) < 4.78 is 0. The van der Waals surface area contributed by atoms with E-state index in [1.807, 2.05) is 13.8 Å². The molecule has 0 saturated heterocycles. The monoisotopic (exact) mass is 284 g/mol. The quantitative estimate of drug-likeness (QED) is 0.649. The molecule has 0 spiro atoms. The Bertz CT molecular complexity index is 334. The van der Waals surface area contributed by atoms with Crippen LogP contribution in [0.1, 0.15) is 58.8 Å². The molecule has 1 amide bonds. The molecule has 1 aliphatic carbocycles. The van der Waals surface area contributed by atoms with Crippen molar-refractivity contribution in [2.45, 2.75) is 64.8 Å². The Morgan fingerprint density at radius 2 is 1.75 bits per heavy atom. The second-order valence-electron chi connectivity index (χ2n) is 6.39. The van der Waals surface area contributed by atoms with E-state index in [2.05, 4.69) is 5.32 Å². The number of amides is 1. The Morgan fingerprint density at radius 1 is 1.20 bits per heavy atom. The molecule has 0 radical (unpaired) electrons. The molecule has 5 heteroatoms. The van der Waals surface area contributed by atoms with Crippen LogP contribution in [0, 0.1) is 11.3 Å². The number of rotatable bonds is 6. The van der Waals surface area contributed by atoms with Crippen molar-refractivity contribution >= 4 is 11.9 Å². The molecule has 0 aromatic heterocycles. The summed E-state index contributed by atoms with van der Waals surface area (Å²) in [5.74, 6) is -0.915. The van der Waals surface area contributed by atoms with Crippen LogP contribution in [0.4, 0.5) is 0 Å². The molecule has 1 atom stereocenters. The van der Waals surface area contributed by atoms with Crippen LogP contribution >= 0.6 is 0 Å². The number of nitrogens with two attached hydrogens (primary N) is 1. The van der Waals surface area contributed by atoms with E-state index in [0.717, 1.165) is 38.5 Å². The highest BCUT2D eigenvalue weighted by Gasteiger charge is 2.39. The lowest BCUT2D eigenvalue weighted by molar-refractivity contribution is -0.144. The van der Waals surface area contributed by atoms with Crippen molar-refractivity contribution in [3.8, 4) is 0 Å². The molecular formula is C15H28N2O3. The van der Waals surface area contributed by atoms with Gasteiger partial charge in [0.15, 0.2) is 0 Å². The Kier molecular flexibility index (Phi) is 6.46. The molecule has 1 rings (SSSR count). The van der Waals surface area contributed by atoms with E-state index in [1.54, 1.807) is 0 Å². The summed E-state index contributed by atoms with van der Waals surface area (Å²) in [6.45, 7) is 4.20. The van der Waals surface area contributed by atoms with Crippen LogP contribution in [0.25, 0.3) is 0 Å². The lowest BCUT2D eigenvalue weighted by Crippen LogP contribution is -2.51. The smallest absolute Gasteiger partial charge is 0.326 e. The summed E-state index contributed by atoms with van der Waals surface area (Å²) >= 11 is 0. The predicted molar refractivity (Wildman–Crippen MR) is 78.2 cm³/mol. The van der Waals surface area contributed by atoms with Crippen molar-refractivity contribution in [3.05, 3.63) is 0 Å². The summed E-state index contributed by atoms with van der Waals surface area (Å²) in [6.07, 6.45) is 6.22. The number of nitrogens with one attached hydrogen (secondary N) is 1. The number of carbonyl (C=O) groups excluding carboxylic acids is 1. The summed E-state index contributed by atoms with van der Waals surface area (Å²) in [5.41, 5.74) is 5.29. The fourth-order valence-electron chi connectivity index (χ4n) is 2.93. The lowest BCUT2D eigenvalue weighted by Gasteiger charge is -2.31.